The molecule has 3 aromatic rings. The molecule has 1 aliphatic rings. The van der Waals surface area contributed by atoms with E-state index in [0.29, 0.717) is 24.0 Å². The first kappa shape index (κ1) is 19.0. The topological polar surface area (TPSA) is 57.1 Å². The molecule has 0 spiro atoms. The number of benzene rings is 2. The third-order valence-corrected chi connectivity index (χ3v) is 5.22. The predicted molar refractivity (Wildman–Crippen MR) is 113 cm³/mol. The third-order valence-electron chi connectivity index (χ3n) is 4.36. The second kappa shape index (κ2) is 8.32. The molecule has 4 rings (SSSR count). The molecule has 2 heterocycles. The van der Waals surface area contributed by atoms with Crippen LogP contribution in [0.4, 0.5) is 0 Å². The Kier molecular flexibility index (Phi) is 5.44. The first-order chi connectivity index (χ1) is 14.1. The number of ether oxygens (including phenoxy) is 3. The van der Waals surface area contributed by atoms with Crippen LogP contribution < -0.4 is 9.47 Å². The van der Waals surface area contributed by atoms with Crippen LogP contribution in [0.15, 0.2) is 70.7 Å². The third kappa shape index (κ3) is 4.38. The van der Waals surface area contributed by atoms with Gasteiger partial charge >= 0.3 is 5.97 Å². The van der Waals surface area contributed by atoms with E-state index in [9.17, 15) is 4.79 Å². The number of aliphatic imine (C=N–C) groups is 1. The summed E-state index contributed by atoms with van der Waals surface area (Å²) in [6.45, 7) is 2.49. The van der Waals surface area contributed by atoms with Gasteiger partial charge in [-0.15, -0.1) is 11.3 Å². The molecule has 0 N–H and O–H groups in total. The molecule has 29 heavy (non-hydrogen) atoms. The highest BCUT2D eigenvalue weighted by Gasteiger charge is 2.24. The zero-order chi connectivity index (χ0) is 20.2. The van der Waals surface area contributed by atoms with E-state index in [1.54, 1.807) is 13.2 Å². The lowest BCUT2D eigenvalue weighted by molar-refractivity contribution is -0.129. The van der Waals surface area contributed by atoms with Gasteiger partial charge in [0.15, 0.2) is 17.2 Å². The largest absolute Gasteiger partial charge is 0.493 e. The van der Waals surface area contributed by atoms with Crippen molar-refractivity contribution in [2.45, 2.75) is 13.5 Å². The average molecular weight is 405 g/mol. The fourth-order valence-corrected chi connectivity index (χ4v) is 3.46. The Labute approximate surface area is 172 Å². The Morgan fingerprint density at radius 3 is 2.66 bits per heavy atom. The van der Waals surface area contributed by atoms with Gasteiger partial charge in [-0.1, -0.05) is 42.0 Å². The van der Waals surface area contributed by atoms with Crippen molar-refractivity contribution in [1.82, 2.24) is 0 Å². The van der Waals surface area contributed by atoms with Gasteiger partial charge in [0.25, 0.3) is 0 Å². The summed E-state index contributed by atoms with van der Waals surface area (Å²) in [6.07, 6.45) is 1.68. The number of hydrogen-bond acceptors (Lipinski definition) is 6. The highest BCUT2D eigenvalue weighted by Crippen LogP contribution is 2.30. The normalized spacial score (nSPS) is 14.6. The van der Waals surface area contributed by atoms with Crippen molar-refractivity contribution in [3.05, 3.63) is 87.2 Å². The van der Waals surface area contributed by atoms with Crippen LogP contribution in [0.3, 0.4) is 0 Å². The van der Waals surface area contributed by atoms with Crippen LogP contribution in [0.1, 0.15) is 21.6 Å². The van der Waals surface area contributed by atoms with Gasteiger partial charge in [-0.3, -0.25) is 0 Å². The quantitative estimate of drug-likeness (QED) is 0.428. The standard InChI is InChI=1S/C23H19NO4S/c1-15-5-7-16(8-6-15)14-27-19-10-9-17(13-20(19)26-2)12-18-23(25)28-22(24-18)21-4-3-11-29-21/h3-13H,14H2,1-2H3/b18-12+. The molecule has 0 saturated carbocycles. The van der Waals surface area contributed by atoms with Gasteiger partial charge in [-0.25, -0.2) is 9.79 Å². The maximum atomic E-state index is 12.1. The van der Waals surface area contributed by atoms with Crippen LogP contribution in [-0.2, 0) is 16.1 Å². The number of carbonyl (C=O) groups is 1. The predicted octanol–water partition coefficient (Wildman–Crippen LogP) is 4.99. The summed E-state index contributed by atoms with van der Waals surface area (Å²) in [5.41, 5.74) is 3.31. The van der Waals surface area contributed by atoms with E-state index in [1.807, 2.05) is 47.8 Å². The van der Waals surface area contributed by atoms with E-state index in [1.165, 1.54) is 16.9 Å². The number of thiophene rings is 1. The van der Waals surface area contributed by atoms with Crippen LogP contribution in [0.25, 0.3) is 6.08 Å². The lowest BCUT2D eigenvalue weighted by Gasteiger charge is -2.11. The number of cyclic esters (lactones) is 1. The first-order valence-electron chi connectivity index (χ1n) is 9.05. The molecular weight excluding hydrogens is 386 g/mol. The fraction of sp³-hybridized carbons (Fsp3) is 0.130. The molecule has 6 heteroatoms. The lowest BCUT2D eigenvalue weighted by Crippen LogP contribution is -2.03. The van der Waals surface area contributed by atoms with Crippen LogP contribution in [0.5, 0.6) is 11.5 Å². The van der Waals surface area contributed by atoms with Crippen molar-refractivity contribution in [1.29, 1.82) is 0 Å². The molecule has 1 aliphatic heterocycles. The Morgan fingerprint density at radius 2 is 1.93 bits per heavy atom. The molecule has 0 bridgehead atoms. The summed E-state index contributed by atoms with van der Waals surface area (Å²) in [5.74, 6) is 1.08. The molecular formula is C23H19NO4S. The lowest BCUT2D eigenvalue weighted by atomic mass is 10.1. The summed E-state index contributed by atoms with van der Waals surface area (Å²) < 4.78 is 16.6. The van der Waals surface area contributed by atoms with E-state index in [4.69, 9.17) is 14.2 Å². The Hall–Kier alpha value is -3.38. The van der Waals surface area contributed by atoms with Gasteiger partial charge in [0.2, 0.25) is 5.90 Å². The summed E-state index contributed by atoms with van der Waals surface area (Å²) in [6, 6.07) is 17.4. The Bertz CT molecular complexity index is 1080. The van der Waals surface area contributed by atoms with E-state index in [0.717, 1.165) is 16.0 Å². The van der Waals surface area contributed by atoms with Crippen molar-refractivity contribution < 1.29 is 19.0 Å². The minimum atomic E-state index is -0.466. The molecule has 2 aromatic carbocycles. The maximum absolute atomic E-state index is 12.1. The monoisotopic (exact) mass is 405 g/mol. The van der Waals surface area contributed by atoms with Crippen molar-refractivity contribution in [2.24, 2.45) is 4.99 Å². The summed E-state index contributed by atoms with van der Waals surface area (Å²) in [7, 11) is 1.59. The zero-order valence-electron chi connectivity index (χ0n) is 16.0. The van der Waals surface area contributed by atoms with Crippen molar-refractivity contribution in [3.63, 3.8) is 0 Å². The summed E-state index contributed by atoms with van der Waals surface area (Å²) in [5, 5.41) is 1.91. The molecule has 5 nitrogen and oxygen atoms in total. The smallest absolute Gasteiger partial charge is 0.363 e. The van der Waals surface area contributed by atoms with Gasteiger partial charge in [0.05, 0.1) is 12.0 Å². The van der Waals surface area contributed by atoms with Crippen molar-refractivity contribution in [2.75, 3.05) is 7.11 Å². The van der Waals surface area contributed by atoms with Crippen LogP contribution in [0, 0.1) is 6.92 Å². The SMILES string of the molecule is COc1cc(/C=C2/N=C(c3cccs3)OC2=O)ccc1OCc1ccc(C)cc1. The van der Waals surface area contributed by atoms with Crippen LogP contribution in [-0.4, -0.2) is 19.0 Å². The number of hydrogen-bond donors (Lipinski definition) is 0. The molecule has 0 aliphatic carbocycles. The molecule has 0 fully saturated rings. The number of nitrogens with zero attached hydrogens (tertiary/aromatic N) is 1. The van der Waals surface area contributed by atoms with E-state index in [2.05, 4.69) is 24.0 Å². The van der Waals surface area contributed by atoms with Gasteiger partial charge in [-0.05, 0) is 47.7 Å². The van der Waals surface area contributed by atoms with Gasteiger partial charge in [-0.2, -0.15) is 0 Å². The van der Waals surface area contributed by atoms with Crippen LogP contribution >= 0.6 is 11.3 Å². The highest BCUT2D eigenvalue weighted by atomic mass is 32.1. The Morgan fingerprint density at radius 1 is 1.10 bits per heavy atom. The molecule has 0 amide bonds. The Balaban J connectivity index is 1.52. The van der Waals surface area contributed by atoms with Crippen molar-refractivity contribution in [3.8, 4) is 11.5 Å². The fourth-order valence-electron chi connectivity index (χ4n) is 2.81. The number of aryl methyl sites for hydroxylation is 1. The molecule has 0 atom stereocenters. The van der Waals surface area contributed by atoms with Crippen molar-refractivity contribution >= 4 is 29.3 Å². The molecule has 0 unspecified atom stereocenters. The second-order valence-corrected chi connectivity index (χ2v) is 7.45. The van der Waals surface area contributed by atoms with Crippen LogP contribution in [0.2, 0.25) is 0 Å². The number of esters is 1. The van der Waals surface area contributed by atoms with Gasteiger partial charge in [0.1, 0.15) is 6.61 Å². The summed E-state index contributed by atoms with van der Waals surface area (Å²) >= 11 is 1.47. The number of rotatable bonds is 6. The minimum Gasteiger partial charge on any atom is -0.493 e. The maximum Gasteiger partial charge on any atom is 0.363 e. The number of methoxy groups -OCH3 is 1. The number of carbonyl (C=O) groups excluding carboxylic acids is 1. The summed E-state index contributed by atoms with van der Waals surface area (Å²) in [4.78, 5) is 17.3. The average Bonchev–Trinajstić information content (AvgIpc) is 3.38. The van der Waals surface area contributed by atoms with E-state index >= 15 is 0 Å². The zero-order valence-corrected chi connectivity index (χ0v) is 16.9. The molecule has 0 saturated heterocycles. The molecule has 146 valence electrons. The van der Waals surface area contributed by atoms with E-state index < -0.39 is 5.97 Å². The van der Waals surface area contributed by atoms with E-state index in [-0.39, 0.29) is 5.70 Å². The second-order valence-electron chi connectivity index (χ2n) is 6.50. The molecule has 1 aromatic heterocycles. The van der Waals surface area contributed by atoms with Gasteiger partial charge < -0.3 is 14.2 Å². The molecule has 0 radical (unpaired) electrons. The highest BCUT2D eigenvalue weighted by molar-refractivity contribution is 7.12. The van der Waals surface area contributed by atoms with Gasteiger partial charge in [0, 0.05) is 0 Å². The minimum absolute atomic E-state index is 0.253. The first-order valence-corrected chi connectivity index (χ1v) is 9.93.